The molecule has 0 saturated heterocycles. The lowest BCUT2D eigenvalue weighted by Gasteiger charge is -2.02. The topological polar surface area (TPSA) is 34.9 Å². The van der Waals surface area contributed by atoms with Crippen LogP contribution in [0.3, 0.4) is 0 Å². The van der Waals surface area contributed by atoms with Gasteiger partial charge in [-0.2, -0.15) is 5.10 Å². The first-order valence-electron chi connectivity index (χ1n) is 4.99. The smallest absolute Gasteiger partial charge is 0.199 e. The fourth-order valence-electron chi connectivity index (χ4n) is 1.55. The first-order chi connectivity index (χ1) is 8.02. The zero-order valence-electron chi connectivity index (χ0n) is 9.37. The van der Waals surface area contributed by atoms with Crippen LogP contribution in [0.4, 0.5) is 8.78 Å². The predicted octanol–water partition coefficient (Wildman–Crippen LogP) is 2.24. The second-order valence-corrected chi connectivity index (χ2v) is 3.70. The number of benzene rings is 1. The Morgan fingerprint density at radius 3 is 2.59 bits per heavy atom. The summed E-state index contributed by atoms with van der Waals surface area (Å²) in [5.41, 5.74) is 0.608. The molecule has 1 aromatic carbocycles. The Morgan fingerprint density at radius 1 is 1.29 bits per heavy atom. The molecule has 0 spiro atoms. The van der Waals surface area contributed by atoms with Crippen LogP contribution >= 0.6 is 0 Å². The monoisotopic (exact) mass is 236 g/mol. The number of rotatable bonds is 2. The zero-order valence-corrected chi connectivity index (χ0v) is 9.37. The van der Waals surface area contributed by atoms with Crippen molar-refractivity contribution < 1.29 is 13.6 Å². The molecule has 1 aromatic heterocycles. The van der Waals surface area contributed by atoms with Gasteiger partial charge in [-0.25, -0.2) is 8.78 Å². The van der Waals surface area contributed by atoms with Gasteiger partial charge in [-0.3, -0.25) is 9.48 Å². The van der Waals surface area contributed by atoms with Crippen LogP contribution in [0.2, 0.25) is 0 Å². The quantitative estimate of drug-likeness (QED) is 0.749. The number of halogens is 2. The summed E-state index contributed by atoms with van der Waals surface area (Å²) in [5.74, 6) is -2.72. The van der Waals surface area contributed by atoms with Crippen LogP contribution in [0, 0.1) is 18.6 Å². The van der Waals surface area contributed by atoms with E-state index < -0.39 is 17.4 Å². The summed E-state index contributed by atoms with van der Waals surface area (Å²) < 4.78 is 28.0. The van der Waals surface area contributed by atoms with Crippen LogP contribution in [0.15, 0.2) is 24.4 Å². The molecule has 2 rings (SSSR count). The Kier molecular flexibility index (Phi) is 2.75. The molecule has 0 bridgehead atoms. The normalized spacial score (nSPS) is 10.6. The van der Waals surface area contributed by atoms with Crippen LogP contribution in [0.1, 0.15) is 21.6 Å². The standard InChI is InChI=1S/C12H10F2N2O/c1-7-9(6-15-16(7)2)12(17)8-4-3-5-10(13)11(8)14/h3-6H,1-2H3. The van der Waals surface area contributed by atoms with E-state index in [1.165, 1.54) is 23.0 Å². The van der Waals surface area contributed by atoms with Crippen molar-refractivity contribution in [1.82, 2.24) is 9.78 Å². The van der Waals surface area contributed by atoms with Gasteiger partial charge in [0.1, 0.15) is 0 Å². The molecule has 88 valence electrons. The van der Waals surface area contributed by atoms with Crippen LogP contribution in [0.5, 0.6) is 0 Å². The minimum atomic E-state index is -1.12. The third-order valence-electron chi connectivity index (χ3n) is 2.68. The molecule has 0 N–H and O–H groups in total. The summed E-state index contributed by atoms with van der Waals surface area (Å²) >= 11 is 0. The summed E-state index contributed by atoms with van der Waals surface area (Å²) in [6, 6.07) is 3.53. The minimum absolute atomic E-state index is 0.275. The van der Waals surface area contributed by atoms with Crippen molar-refractivity contribution in [2.45, 2.75) is 6.92 Å². The molecule has 0 unspecified atom stereocenters. The molecule has 0 aliphatic carbocycles. The number of ketones is 1. The number of nitrogens with zero attached hydrogens (tertiary/aromatic N) is 2. The number of aryl methyl sites for hydroxylation is 1. The minimum Gasteiger partial charge on any atom is -0.288 e. The highest BCUT2D eigenvalue weighted by Crippen LogP contribution is 2.17. The molecule has 0 atom stereocenters. The van der Waals surface area contributed by atoms with Crippen LogP contribution in [-0.4, -0.2) is 15.6 Å². The van der Waals surface area contributed by atoms with Crippen LogP contribution < -0.4 is 0 Å². The van der Waals surface area contributed by atoms with Gasteiger partial charge in [-0.1, -0.05) is 6.07 Å². The summed E-state index contributed by atoms with van der Waals surface area (Å²) in [6.45, 7) is 1.69. The SMILES string of the molecule is Cc1c(C(=O)c2cccc(F)c2F)cnn1C. The maximum atomic E-state index is 13.5. The van der Waals surface area contributed by atoms with E-state index in [1.807, 2.05) is 0 Å². The van der Waals surface area contributed by atoms with Crippen LogP contribution in [-0.2, 0) is 7.05 Å². The lowest BCUT2D eigenvalue weighted by Crippen LogP contribution is -2.07. The molecule has 2 aromatic rings. The summed E-state index contributed by atoms with van der Waals surface area (Å²) in [6.07, 6.45) is 1.35. The maximum absolute atomic E-state index is 13.5. The van der Waals surface area contributed by atoms with Gasteiger partial charge in [0.25, 0.3) is 0 Å². The lowest BCUT2D eigenvalue weighted by molar-refractivity contribution is 0.103. The van der Waals surface area contributed by atoms with Crippen molar-refractivity contribution in [3.63, 3.8) is 0 Å². The van der Waals surface area contributed by atoms with Gasteiger partial charge >= 0.3 is 0 Å². The molecular weight excluding hydrogens is 226 g/mol. The van der Waals surface area contributed by atoms with Crippen molar-refractivity contribution in [3.8, 4) is 0 Å². The van der Waals surface area contributed by atoms with Crippen LogP contribution in [0.25, 0.3) is 0 Å². The fourth-order valence-corrected chi connectivity index (χ4v) is 1.55. The van der Waals surface area contributed by atoms with Gasteiger partial charge in [0.2, 0.25) is 0 Å². The van der Waals surface area contributed by atoms with Gasteiger partial charge in [0.15, 0.2) is 17.4 Å². The molecule has 0 amide bonds. The lowest BCUT2D eigenvalue weighted by atomic mass is 10.0. The van der Waals surface area contributed by atoms with E-state index in [1.54, 1.807) is 14.0 Å². The Morgan fingerprint density at radius 2 is 2.00 bits per heavy atom. The number of aromatic nitrogens is 2. The third-order valence-corrected chi connectivity index (χ3v) is 2.68. The highest BCUT2D eigenvalue weighted by atomic mass is 19.2. The average molecular weight is 236 g/mol. The zero-order chi connectivity index (χ0) is 12.6. The first-order valence-corrected chi connectivity index (χ1v) is 4.99. The van der Waals surface area contributed by atoms with Gasteiger partial charge in [0.05, 0.1) is 17.3 Å². The Balaban J connectivity index is 2.51. The van der Waals surface area contributed by atoms with E-state index in [4.69, 9.17) is 0 Å². The van der Waals surface area contributed by atoms with E-state index >= 15 is 0 Å². The molecule has 17 heavy (non-hydrogen) atoms. The van der Waals surface area contributed by atoms with Crippen molar-refractivity contribution >= 4 is 5.78 Å². The van der Waals surface area contributed by atoms with E-state index in [2.05, 4.69) is 5.10 Å². The summed E-state index contributed by atoms with van der Waals surface area (Å²) in [5, 5.41) is 3.89. The number of carbonyl (C=O) groups excluding carboxylic acids is 1. The fraction of sp³-hybridized carbons (Fsp3) is 0.167. The molecule has 5 heteroatoms. The average Bonchev–Trinajstić information content (AvgIpc) is 2.63. The van der Waals surface area contributed by atoms with E-state index in [0.717, 1.165) is 6.07 Å². The van der Waals surface area contributed by atoms with Gasteiger partial charge in [-0.15, -0.1) is 0 Å². The van der Waals surface area contributed by atoms with Crippen molar-refractivity contribution in [1.29, 1.82) is 0 Å². The summed E-state index contributed by atoms with van der Waals surface area (Å²) in [7, 11) is 1.67. The number of hydrogen-bond acceptors (Lipinski definition) is 2. The molecule has 1 heterocycles. The Labute approximate surface area is 96.7 Å². The number of hydrogen-bond donors (Lipinski definition) is 0. The third kappa shape index (κ3) is 1.84. The first kappa shape index (κ1) is 11.4. The predicted molar refractivity (Wildman–Crippen MR) is 57.7 cm³/mol. The molecular formula is C12H10F2N2O. The highest BCUT2D eigenvalue weighted by Gasteiger charge is 2.20. The van der Waals surface area contributed by atoms with Crippen molar-refractivity contribution in [2.75, 3.05) is 0 Å². The largest absolute Gasteiger partial charge is 0.288 e. The Hall–Kier alpha value is -2.04. The van der Waals surface area contributed by atoms with E-state index in [9.17, 15) is 13.6 Å². The van der Waals surface area contributed by atoms with E-state index in [0.29, 0.717) is 5.69 Å². The van der Waals surface area contributed by atoms with Crippen molar-refractivity contribution in [3.05, 3.63) is 52.9 Å². The second kappa shape index (κ2) is 4.08. The van der Waals surface area contributed by atoms with Crippen molar-refractivity contribution in [2.24, 2.45) is 7.05 Å². The molecule has 0 saturated carbocycles. The van der Waals surface area contributed by atoms with Gasteiger partial charge < -0.3 is 0 Å². The molecule has 3 nitrogen and oxygen atoms in total. The summed E-state index contributed by atoms with van der Waals surface area (Å²) in [4.78, 5) is 12.0. The van der Waals surface area contributed by atoms with Gasteiger partial charge in [0, 0.05) is 12.7 Å². The molecule has 0 radical (unpaired) electrons. The maximum Gasteiger partial charge on any atom is 0.199 e. The second-order valence-electron chi connectivity index (χ2n) is 3.70. The molecule has 0 aliphatic rings. The van der Waals surface area contributed by atoms with E-state index in [-0.39, 0.29) is 11.1 Å². The highest BCUT2D eigenvalue weighted by molar-refractivity contribution is 6.09. The Bertz CT molecular complexity index is 590. The number of carbonyl (C=O) groups is 1. The molecule has 0 fully saturated rings. The molecule has 0 aliphatic heterocycles. The van der Waals surface area contributed by atoms with Gasteiger partial charge in [-0.05, 0) is 19.1 Å².